The minimum Gasteiger partial charge on any atom is -0.261 e. The average Bonchev–Trinajstić information content (AvgIpc) is 2.98. The van der Waals surface area contributed by atoms with Crippen molar-refractivity contribution >= 4 is 26.8 Å². The van der Waals surface area contributed by atoms with Gasteiger partial charge in [0, 0.05) is 24.0 Å². The fourth-order valence-corrected chi connectivity index (χ4v) is 2.62. The number of halogens is 1. The van der Waals surface area contributed by atoms with Gasteiger partial charge in [0.05, 0.1) is 23.1 Å². The van der Waals surface area contributed by atoms with Crippen LogP contribution in [0.4, 0.5) is 0 Å². The summed E-state index contributed by atoms with van der Waals surface area (Å²) in [6.45, 7) is 1.91. The molecule has 112 valence electrons. The molecule has 23 heavy (non-hydrogen) atoms. The first-order valence-electron chi connectivity index (χ1n) is 6.96. The Morgan fingerprint density at radius 1 is 1.04 bits per heavy atom. The molecule has 4 rings (SSSR count). The summed E-state index contributed by atoms with van der Waals surface area (Å²) in [4.78, 5) is 17.5. The molecule has 0 N–H and O–H groups in total. The zero-order valence-corrected chi connectivity index (χ0v) is 13.8. The van der Waals surface area contributed by atoms with E-state index in [-0.39, 0.29) is 0 Å². The van der Waals surface area contributed by atoms with Crippen LogP contribution in [0.2, 0.25) is 0 Å². The van der Waals surface area contributed by atoms with Crippen LogP contribution in [0, 0.1) is 6.92 Å². The highest BCUT2D eigenvalue weighted by atomic mass is 79.9. The summed E-state index contributed by atoms with van der Waals surface area (Å²) in [5, 5.41) is 5.52. The molecule has 6 nitrogen and oxygen atoms in total. The van der Waals surface area contributed by atoms with E-state index < -0.39 is 0 Å². The predicted octanol–water partition coefficient (Wildman–Crippen LogP) is 3.34. The lowest BCUT2D eigenvalue weighted by Crippen LogP contribution is -1.97. The molecule has 0 spiro atoms. The number of pyridine rings is 2. The van der Waals surface area contributed by atoms with Crippen LogP contribution < -0.4 is 0 Å². The maximum Gasteiger partial charge on any atom is 0.154 e. The predicted molar refractivity (Wildman–Crippen MR) is 90.1 cm³/mol. The SMILES string of the molecule is Cc1cncc(-c2cc3nn(-c4cccc(Br)n4)cc3cn2)n1. The molecule has 4 aromatic heterocycles. The summed E-state index contributed by atoms with van der Waals surface area (Å²) in [6, 6.07) is 7.61. The van der Waals surface area contributed by atoms with Gasteiger partial charge in [-0.25, -0.2) is 14.6 Å². The zero-order valence-electron chi connectivity index (χ0n) is 12.2. The Morgan fingerprint density at radius 3 is 2.78 bits per heavy atom. The van der Waals surface area contributed by atoms with Gasteiger partial charge >= 0.3 is 0 Å². The molecule has 0 atom stereocenters. The summed E-state index contributed by atoms with van der Waals surface area (Å²) in [6.07, 6.45) is 7.11. The van der Waals surface area contributed by atoms with E-state index in [4.69, 9.17) is 0 Å². The van der Waals surface area contributed by atoms with Crippen LogP contribution in [0.15, 0.2) is 53.7 Å². The van der Waals surface area contributed by atoms with Crippen LogP contribution in [0.3, 0.4) is 0 Å². The van der Waals surface area contributed by atoms with Gasteiger partial charge in [-0.1, -0.05) is 6.07 Å². The number of fused-ring (bicyclic) bond motifs is 1. The van der Waals surface area contributed by atoms with Crippen LogP contribution in [-0.2, 0) is 0 Å². The molecule has 0 bridgehead atoms. The van der Waals surface area contributed by atoms with Crippen molar-refractivity contribution < 1.29 is 0 Å². The maximum absolute atomic E-state index is 4.58. The molecule has 0 aliphatic heterocycles. The van der Waals surface area contributed by atoms with E-state index in [0.29, 0.717) is 0 Å². The normalized spacial score (nSPS) is 11.0. The Bertz CT molecular complexity index is 967. The van der Waals surface area contributed by atoms with Gasteiger partial charge in [-0.2, -0.15) is 5.10 Å². The van der Waals surface area contributed by atoms with Crippen LogP contribution in [0.1, 0.15) is 5.69 Å². The minimum absolute atomic E-state index is 0.738. The van der Waals surface area contributed by atoms with Crippen molar-refractivity contribution in [2.45, 2.75) is 6.92 Å². The Kier molecular flexibility index (Phi) is 3.34. The highest BCUT2D eigenvalue weighted by Crippen LogP contribution is 2.20. The molecule has 0 fully saturated rings. The van der Waals surface area contributed by atoms with E-state index in [2.05, 4.69) is 41.0 Å². The van der Waals surface area contributed by atoms with Gasteiger partial charge in [0.15, 0.2) is 5.82 Å². The molecule has 0 aliphatic rings. The molecule has 0 aliphatic carbocycles. The summed E-state index contributed by atoms with van der Waals surface area (Å²) in [5.74, 6) is 0.743. The Hall–Kier alpha value is -2.67. The average molecular weight is 367 g/mol. The lowest BCUT2D eigenvalue weighted by Gasteiger charge is -2.00. The van der Waals surface area contributed by atoms with E-state index in [1.54, 1.807) is 23.3 Å². The van der Waals surface area contributed by atoms with Gasteiger partial charge in [0.2, 0.25) is 0 Å². The van der Waals surface area contributed by atoms with Crippen molar-refractivity contribution in [1.82, 2.24) is 29.7 Å². The van der Waals surface area contributed by atoms with E-state index in [1.807, 2.05) is 37.4 Å². The monoisotopic (exact) mass is 366 g/mol. The molecule has 4 aromatic rings. The molecule has 0 saturated carbocycles. The first-order valence-corrected chi connectivity index (χ1v) is 7.76. The molecular weight excluding hydrogens is 356 g/mol. The quantitative estimate of drug-likeness (QED) is 0.508. The van der Waals surface area contributed by atoms with Gasteiger partial charge in [0.1, 0.15) is 10.3 Å². The first kappa shape index (κ1) is 14.0. The van der Waals surface area contributed by atoms with Gasteiger partial charge in [-0.15, -0.1) is 0 Å². The second-order valence-corrected chi connectivity index (χ2v) is 5.88. The molecule has 0 saturated heterocycles. The lowest BCUT2D eigenvalue weighted by atomic mass is 10.2. The third kappa shape index (κ3) is 2.70. The number of hydrogen-bond acceptors (Lipinski definition) is 5. The van der Waals surface area contributed by atoms with Gasteiger partial charge in [0.25, 0.3) is 0 Å². The number of rotatable bonds is 2. The van der Waals surface area contributed by atoms with Crippen molar-refractivity contribution in [3.05, 3.63) is 59.3 Å². The van der Waals surface area contributed by atoms with Crippen LogP contribution in [-0.4, -0.2) is 29.7 Å². The van der Waals surface area contributed by atoms with Crippen molar-refractivity contribution in [1.29, 1.82) is 0 Å². The summed E-state index contributed by atoms with van der Waals surface area (Å²) in [5.41, 5.74) is 3.18. The summed E-state index contributed by atoms with van der Waals surface area (Å²) >= 11 is 3.37. The Labute approximate surface area is 140 Å². The highest BCUT2D eigenvalue weighted by molar-refractivity contribution is 9.10. The summed E-state index contributed by atoms with van der Waals surface area (Å²) in [7, 11) is 0. The third-order valence-corrected chi connectivity index (χ3v) is 3.78. The van der Waals surface area contributed by atoms with Crippen molar-refractivity contribution in [2.75, 3.05) is 0 Å². The Morgan fingerprint density at radius 2 is 1.96 bits per heavy atom. The van der Waals surface area contributed by atoms with E-state index in [9.17, 15) is 0 Å². The smallest absolute Gasteiger partial charge is 0.154 e. The molecule has 0 unspecified atom stereocenters. The molecule has 7 heteroatoms. The molecule has 4 heterocycles. The van der Waals surface area contributed by atoms with E-state index in [0.717, 1.165) is 38.4 Å². The van der Waals surface area contributed by atoms with E-state index in [1.165, 1.54) is 0 Å². The molecular formula is C16H11BrN6. The van der Waals surface area contributed by atoms with Crippen molar-refractivity contribution in [3.8, 4) is 17.2 Å². The van der Waals surface area contributed by atoms with Gasteiger partial charge in [-0.3, -0.25) is 9.97 Å². The summed E-state index contributed by atoms with van der Waals surface area (Å²) < 4.78 is 2.51. The second kappa shape index (κ2) is 5.51. The van der Waals surface area contributed by atoms with Crippen molar-refractivity contribution in [3.63, 3.8) is 0 Å². The Balaban J connectivity index is 1.81. The van der Waals surface area contributed by atoms with E-state index >= 15 is 0 Å². The second-order valence-electron chi connectivity index (χ2n) is 5.07. The number of hydrogen-bond donors (Lipinski definition) is 0. The van der Waals surface area contributed by atoms with Crippen LogP contribution >= 0.6 is 15.9 Å². The number of aromatic nitrogens is 6. The molecule has 0 aromatic carbocycles. The minimum atomic E-state index is 0.738. The largest absolute Gasteiger partial charge is 0.261 e. The van der Waals surface area contributed by atoms with Gasteiger partial charge < -0.3 is 0 Å². The van der Waals surface area contributed by atoms with Crippen molar-refractivity contribution in [2.24, 2.45) is 0 Å². The molecule has 0 amide bonds. The lowest BCUT2D eigenvalue weighted by molar-refractivity contribution is 0.856. The highest BCUT2D eigenvalue weighted by Gasteiger charge is 2.08. The maximum atomic E-state index is 4.58. The number of aryl methyl sites for hydroxylation is 1. The van der Waals surface area contributed by atoms with Crippen LogP contribution in [0.25, 0.3) is 28.1 Å². The third-order valence-electron chi connectivity index (χ3n) is 3.34. The first-order chi connectivity index (χ1) is 11.2. The fraction of sp³-hybridized carbons (Fsp3) is 0.0625. The zero-order chi connectivity index (χ0) is 15.8. The van der Waals surface area contributed by atoms with Gasteiger partial charge in [-0.05, 0) is 41.1 Å². The topological polar surface area (TPSA) is 69.4 Å². The molecule has 0 radical (unpaired) electrons. The fourth-order valence-electron chi connectivity index (χ4n) is 2.29. The standard InChI is InChI=1S/C16H11BrN6/c1-10-6-18-8-14(20-10)13-5-12-11(7-19-13)9-23(22-12)16-4-2-3-15(17)21-16/h2-9H,1H3. The number of nitrogens with zero attached hydrogens (tertiary/aromatic N) is 6. The van der Waals surface area contributed by atoms with Crippen LogP contribution in [0.5, 0.6) is 0 Å².